The highest BCUT2D eigenvalue weighted by molar-refractivity contribution is 7.14. The molecule has 1 rings (SSSR count). The van der Waals surface area contributed by atoms with Crippen molar-refractivity contribution in [2.24, 2.45) is 0 Å². The highest BCUT2D eigenvalue weighted by Crippen LogP contribution is 2.21. The molecule has 0 spiro atoms. The third-order valence-electron chi connectivity index (χ3n) is 2.21. The van der Waals surface area contributed by atoms with Crippen LogP contribution >= 0.6 is 11.3 Å². The predicted octanol–water partition coefficient (Wildman–Crippen LogP) is 1.01. The van der Waals surface area contributed by atoms with E-state index in [2.05, 4.69) is 10.6 Å². The lowest BCUT2D eigenvalue weighted by Crippen LogP contribution is -2.35. The van der Waals surface area contributed by atoms with Gasteiger partial charge in [0.2, 0.25) is 5.91 Å². The number of hydrogen-bond donors (Lipinski definition) is 3. The Balaban J connectivity index is 2.35. The van der Waals surface area contributed by atoms with E-state index in [1.54, 1.807) is 11.4 Å². The van der Waals surface area contributed by atoms with Crippen LogP contribution in [0.2, 0.25) is 0 Å². The predicted molar refractivity (Wildman–Crippen MR) is 67.4 cm³/mol. The minimum Gasteiger partial charge on any atom is -0.480 e. The van der Waals surface area contributed by atoms with Crippen molar-refractivity contribution < 1.29 is 14.7 Å². The van der Waals surface area contributed by atoms with E-state index in [-0.39, 0.29) is 18.9 Å². The lowest BCUT2D eigenvalue weighted by molar-refractivity contribution is -0.139. The van der Waals surface area contributed by atoms with E-state index in [0.29, 0.717) is 10.6 Å². The largest absolute Gasteiger partial charge is 0.480 e. The second kappa shape index (κ2) is 6.74. The summed E-state index contributed by atoms with van der Waals surface area (Å²) in [5, 5.41) is 24.9. The van der Waals surface area contributed by atoms with Crippen molar-refractivity contribution in [1.82, 2.24) is 5.32 Å². The first-order valence-electron chi connectivity index (χ1n) is 5.28. The number of amides is 1. The minimum absolute atomic E-state index is 0.153. The summed E-state index contributed by atoms with van der Waals surface area (Å²) in [6.45, 7) is 1.78. The molecule has 1 unspecified atom stereocenters. The number of thiophene rings is 1. The molecule has 7 heteroatoms. The number of hydrogen-bond acceptors (Lipinski definition) is 5. The van der Waals surface area contributed by atoms with Crippen molar-refractivity contribution >= 4 is 28.2 Å². The van der Waals surface area contributed by atoms with Crippen LogP contribution in [-0.2, 0) is 9.59 Å². The maximum Gasteiger partial charge on any atom is 0.320 e. The molecule has 96 valence electrons. The van der Waals surface area contributed by atoms with Crippen molar-refractivity contribution in [3.63, 3.8) is 0 Å². The first kappa shape index (κ1) is 14.2. The highest BCUT2D eigenvalue weighted by Gasteiger charge is 2.11. The Hall–Kier alpha value is -1.91. The van der Waals surface area contributed by atoms with Crippen molar-refractivity contribution in [3.05, 3.63) is 17.0 Å². The lowest BCUT2D eigenvalue weighted by atomic mass is 10.3. The fourth-order valence-electron chi connectivity index (χ4n) is 1.17. The van der Waals surface area contributed by atoms with Gasteiger partial charge in [0, 0.05) is 13.0 Å². The zero-order valence-electron chi connectivity index (χ0n) is 9.77. The van der Waals surface area contributed by atoms with Crippen molar-refractivity contribution in [3.8, 4) is 6.07 Å². The third kappa shape index (κ3) is 4.16. The zero-order chi connectivity index (χ0) is 13.5. The quantitative estimate of drug-likeness (QED) is 0.714. The Kier molecular flexibility index (Phi) is 5.30. The SMILES string of the molecule is CC(NCCC(=O)Nc1sccc1C#N)C(=O)O. The van der Waals surface area contributed by atoms with E-state index < -0.39 is 12.0 Å². The molecule has 0 aliphatic carbocycles. The van der Waals surface area contributed by atoms with Crippen LogP contribution in [-0.4, -0.2) is 29.6 Å². The van der Waals surface area contributed by atoms with Crippen LogP contribution < -0.4 is 10.6 Å². The van der Waals surface area contributed by atoms with Gasteiger partial charge in [0.25, 0.3) is 0 Å². The molecule has 1 heterocycles. The summed E-state index contributed by atoms with van der Waals surface area (Å²) in [7, 11) is 0. The number of carboxylic acid groups (broad SMARTS) is 1. The molecular weight excluding hydrogens is 254 g/mol. The molecule has 1 aromatic rings. The molecule has 0 radical (unpaired) electrons. The van der Waals surface area contributed by atoms with Gasteiger partial charge in [-0.3, -0.25) is 9.59 Å². The van der Waals surface area contributed by atoms with Crippen LogP contribution in [0.1, 0.15) is 18.9 Å². The minimum atomic E-state index is -0.958. The number of carbonyl (C=O) groups is 2. The van der Waals surface area contributed by atoms with Gasteiger partial charge in [-0.1, -0.05) is 0 Å². The van der Waals surface area contributed by atoms with Gasteiger partial charge in [-0.2, -0.15) is 5.26 Å². The second-order valence-corrected chi connectivity index (χ2v) is 4.50. The standard InChI is InChI=1S/C11H13N3O3S/c1-7(11(16)17)13-4-2-9(15)14-10-8(6-12)3-5-18-10/h3,5,7,13H,2,4H2,1H3,(H,14,15)(H,16,17). The first-order valence-corrected chi connectivity index (χ1v) is 6.16. The van der Waals surface area contributed by atoms with Crippen molar-refractivity contribution in [2.75, 3.05) is 11.9 Å². The van der Waals surface area contributed by atoms with E-state index in [1.807, 2.05) is 6.07 Å². The average Bonchev–Trinajstić information content (AvgIpc) is 2.75. The van der Waals surface area contributed by atoms with E-state index in [1.165, 1.54) is 18.3 Å². The van der Waals surface area contributed by atoms with Crippen LogP contribution in [0.4, 0.5) is 5.00 Å². The number of carbonyl (C=O) groups excluding carboxylic acids is 1. The summed E-state index contributed by atoms with van der Waals surface area (Å²) in [4.78, 5) is 22.0. The van der Waals surface area contributed by atoms with Gasteiger partial charge in [0.15, 0.2) is 0 Å². The van der Waals surface area contributed by atoms with Gasteiger partial charge in [-0.15, -0.1) is 11.3 Å². The summed E-state index contributed by atoms with van der Waals surface area (Å²) < 4.78 is 0. The van der Waals surface area contributed by atoms with Crippen LogP contribution in [0.5, 0.6) is 0 Å². The maximum atomic E-state index is 11.5. The molecule has 1 amide bonds. The Labute approximate surface area is 108 Å². The number of carboxylic acids is 1. The van der Waals surface area contributed by atoms with Crippen LogP contribution in [0.25, 0.3) is 0 Å². The van der Waals surface area contributed by atoms with Gasteiger partial charge in [0.05, 0.1) is 5.56 Å². The van der Waals surface area contributed by atoms with E-state index in [9.17, 15) is 9.59 Å². The van der Waals surface area contributed by atoms with E-state index in [0.717, 1.165) is 0 Å². The molecule has 0 fully saturated rings. The first-order chi connectivity index (χ1) is 8.54. The van der Waals surface area contributed by atoms with E-state index in [4.69, 9.17) is 10.4 Å². The monoisotopic (exact) mass is 267 g/mol. The third-order valence-corrected chi connectivity index (χ3v) is 3.04. The van der Waals surface area contributed by atoms with E-state index >= 15 is 0 Å². The van der Waals surface area contributed by atoms with Crippen LogP contribution in [0.3, 0.4) is 0 Å². The molecule has 0 aliphatic heterocycles. The van der Waals surface area contributed by atoms with Gasteiger partial charge >= 0.3 is 5.97 Å². The van der Waals surface area contributed by atoms with Gasteiger partial charge in [-0.25, -0.2) is 0 Å². The molecule has 0 bridgehead atoms. The molecule has 3 N–H and O–H groups in total. The lowest BCUT2D eigenvalue weighted by Gasteiger charge is -2.08. The molecule has 0 saturated carbocycles. The number of aliphatic carboxylic acids is 1. The summed E-state index contributed by atoms with van der Waals surface area (Å²) in [5.74, 6) is -1.21. The number of nitriles is 1. The molecule has 6 nitrogen and oxygen atoms in total. The number of anilines is 1. The summed E-state index contributed by atoms with van der Waals surface area (Å²) in [5.41, 5.74) is 0.431. The summed E-state index contributed by atoms with van der Waals surface area (Å²) in [6.07, 6.45) is 0.153. The molecule has 1 aromatic heterocycles. The molecule has 0 aliphatic rings. The number of nitrogens with one attached hydrogen (secondary N) is 2. The Morgan fingerprint density at radius 2 is 2.33 bits per heavy atom. The van der Waals surface area contributed by atoms with Gasteiger partial charge < -0.3 is 15.7 Å². The molecule has 18 heavy (non-hydrogen) atoms. The smallest absolute Gasteiger partial charge is 0.320 e. The normalized spacial score (nSPS) is 11.6. The molecular formula is C11H13N3O3S. The second-order valence-electron chi connectivity index (χ2n) is 3.59. The highest BCUT2D eigenvalue weighted by atomic mass is 32.1. The Morgan fingerprint density at radius 3 is 2.94 bits per heavy atom. The summed E-state index contributed by atoms with van der Waals surface area (Å²) in [6, 6.07) is 2.92. The van der Waals surface area contributed by atoms with Gasteiger partial charge in [-0.05, 0) is 18.4 Å². The maximum absolute atomic E-state index is 11.5. The number of rotatable bonds is 6. The zero-order valence-corrected chi connectivity index (χ0v) is 10.6. The van der Waals surface area contributed by atoms with Gasteiger partial charge in [0.1, 0.15) is 17.1 Å². The Morgan fingerprint density at radius 1 is 1.61 bits per heavy atom. The fourth-order valence-corrected chi connectivity index (χ4v) is 1.93. The Bertz CT molecular complexity index is 478. The summed E-state index contributed by atoms with van der Waals surface area (Å²) >= 11 is 1.28. The molecule has 0 aromatic carbocycles. The molecule has 1 atom stereocenters. The van der Waals surface area contributed by atoms with Crippen LogP contribution in [0, 0.1) is 11.3 Å². The van der Waals surface area contributed by atoms with Crippen molar-refractivity contribution in [2.45, 2.75) is 19.4 Å². The topological polar surface area (TPSA) is 102 Å². The average molecular weight is 267 g/mol. The fraction of sp³-hybridized carbons (Fsp3) is 0.364. The molecule has 0 saturated heterocycles. The van der Waals surface area contributed by atoms with Crippen LogP contribution in [0.15, 0.2) is 11.4 Å². The van der Waals surface area contributed by atoms with Crippen molar-refractivity contribution in [1.29, 1.82) is 5.26 Å². The number of nitrogens with zero attached hydrogens (tertiary/aromatic N) is 1.